The standard InChI is InChI=1S/C31H23N3O.Pt/c1-21(2)27-12-8-15-31(33-27)35-24-10-7-9-22(19-24)23-16-17-26-25-11-3-4-13-28(25)34(29(26)20-23)30-14-5-6-18-32-30;/h3-18,21H,1-2H3;/q-2;+2. The number of aromatic nitrogens is 3. The van der Waals surface area contributed by atoms with E-state index in [1.165, 1.54) is 5.39 Å². The minimum atomic E-state index is 0. The van der Waals surface area contributed by atoms with E-state index < -0.39 is 0 Å². The Hall–Kier alpha value is -3.75. The Kier molecular flexibility index (Phi) is 6.71. The molecule has 5 heteroatoms. The Labute approximate surface area is 224 Å². The van der Waals surface area contributed by atoms with Gasteiger partial charge >= 0.3 is 21.1 Å². The fourth-order valence-electron chi connectivity index (χ4n) is 4.36. The van der Waals surface area contributed by atoms with E-state index in [9.17, 15) is 0 Å². The summed E-state index contributed by atoms with van der Waals surface area (Å²) in [5, 5.41) is 2.31. The van der Waals surface area contributed by atoms with Crippen LogP contribution in [0.1, 0.15) is 25.5 Å². The van der Waals surface area contributed by atoms with Crippen molar-refractivity contribution >= 4 is 21.8 Å². The Bertz CT molecular complexity index is 1660. The summed E-state index contributed by atoms with van der Waals surface area (Å²) >= 11 is 0. The minimum Gasteiger partial charge on any atom is -0.460 e. The van der Waals surface area contributed by atoms with Crippen molar-refractivity contribution in [1.29, 1.82) is 0 Å². The first-order chi connectivity index (χ1) is 17.2. The van der Waals surface area contributed by atoms with Gasteiger partial charge in [0.25, 0.3) is 0 Å². The molecule has 0 unspecified atom stereocenters. The average Bonchev–Trinajstić information content (AvgIpc) is 3.23. The molecule has 0 radical (unpaired) electrons. The summed E-state index contributed by atoms with van der Waals surface area (Å²) in [6.45, 7) is 4.24. The number of fused-ring (bicyclic) bond motifs is 3. The molecule has 4 nitrogen and oxygen atoms in total. The van der Waals surface area contributed by atoms with Crippen LogP contribution in [0.3, 0.4) is 0 Å². The second kappa shape index (κ2) is 10.1. The maximum absolute atomic E-state index is 6.06. The van der Waals surface area contributed by atoms with E-state index in [1.54, 1.807) is 0 Å². The number of hydrogen-bond acceptors (Lipinski definition) is 3. The predicted molar refractivity (Wildman–Crippen MR) is 140 cm³/mol. The fourth-order valence-corrected chi connectivity index (χ4v) is 4.36. The van der Waals surface area contributed by atoms with Crippen molar-refractivity contribution < 1.29 is 25.8 Å². The number of hydrogen-bond donors (Lipinski definition) is 0. The molecule has 0 N–H and O–H groups in total. The van der Waals surface area contributed by atoms with Crippen molar-refractivity contribution in [3.63, 3.8) is 0 Å². The van der Waals surface area contributed by atoms with Gasteiger partial charge < -0.3 is 9.30 Å². The van der Waals surface area contributed by atoms with Crippen LogP contribution in [0, 0.1) is 12.1 Å². The Balaban J connectivity index is 0.00000267. The average molecular weight is 649 g/mol. The van der Waals surface area contributed by atoms with Crippen molar-refractivity contribution in [2.24, 2.45) is 0 Å². The maximum Gasteiger partial charge on any atom is 2.00 e. The van der Waals surface area contributed by atoms with E-state index in [2.05, 4.69) is 76.9 Å². The minimum absolute atomic E-state index is 0. The molecule has 0 spiro atoms. The van der Waals surface area contributed by atoms with E-state index in [0.717, 1.165) is 39.1 Å². The monoisotopic (exact) mass is 648 g/mol. The van der Waals surface area contributed by atoms with E-state index in [0.29, 0.717) is 17.5 Å². The number of pyridine rings is 2. The molecular formula is C31H23N3OPt. The molecule has 3 heterocycles. The largest absolute Gasteiger partial charge is 2.00 e. The van der Waals surface area contributed by atoms with Gasteiger partial charge in [-0.2, -0.15) is 24.3 Å². The molecule has 0 saturated carbocycles. The van der Waals surface area contributed by atoms with E-state index >= 15 is 0 Å². The van der Waals surface area contributed by atoms with Gasteiger partial charge in [0.1, 0.15) is 5.82 Å². The van der Waals surface area contributed by atoms with Crippen molar-refractivity contribution in [3.05, 3.63) is 115 Å². The normalized spacial score (nSPS) is 11.1. The van der Waals surface area contributed by atoms with Crippen LogP contribution in [0.2, 0.25) is 0 Å². The number of nitrogens with zero attached hydrogens (tertiary/aromatic N) is 3. The third-order valence-corrected chi connectivity index (χ3v) is 6.07. The second-order valence-electron chi connectivity index (χ2n) is 8.76. The van der Waals surface area contributed by atoms with Crippen molar-refractivity contribution in [2.75, 3.05) is 0 Å². The van der Waals surface area contributed by atoms with Crippen LogP contribution < -0.4 is 4.74 Å². The van der Waals surface area contributed by atoms with Gasteiger partial charge in [0, 0.05) is 29.2 Å². The summed E-state index contributed by atoms with van der Waals surface area (Å²) in [7, 11) is 0. The van der Waals surface area contributed by atoms with Gasteiger partial charge in [0.05, 0.1) is 0 Å². The van der Waals surface area contributed by atoms with Gasteiger partial charge in [0.2, 0.25) is 5.88 Å². The molecule has 0 saturated heterocycles. The molecule has 0 aliphatic rings. The van der Waals surface area contributed by atoms with Gasteiger partial charge in [0.15, 0.2) is 0 Å². The molecule has 0 bridgehead atoms. The number of benzene rings is 3. The first-order valence-corrected chi connectivity index (χ1v) is 11.7. The summed E-state index contributed by atoms with van der Waals surface area (Å²) in [6.07, 6.45) is 1.82. The summed E-state index contributed by atoms with van der Waals surface area (Å²) in [6, 6.07) is 37.4. The Morgan fingerprint density at radius 1 is 0.750 bits per heavy atom. The van der Waals surface area contributed by atoms with Gasteiger partial charge in [-0.1, -0.05) is 49.6 Å². The maximum atomic E-state index is 6.06. The van der Waals surface area contributed by atoms with Crippen molar-refractivity contribution in [1.82, 2.24) is 14.5 Å². The first kappa shape index (κ1) is 24.0. The molecule has 3 aromatic carbocycles. The van der Waals surface area contributed by atoms with E-state index in [-0.39, 0.29) is 21.1 Å². The van der Waals surface area contributed by atoms with Gasteiger partial charge in [-0.05, 0) is 41.1 Å². The first-order valence-electron chi connectivity index (χ1n) is 11.7. The zero-order valence-electron chi connectivity index (χ0n) is 19.9. The molecular weight excluding hydrogens is 625 g/mol. The number of ether oxygens (including phenoxy) is 1. The number of rotatable bonds is 5. The smallest absolute Gasteiger partial charge is 0.460 e. The molecule has 36 heavy (non-hydrogen) atoms. The van der Waals surface area contributed by atoms with Crippen LogP contribution in [0.5, 0.6) is 11.6 Å². The van der Waals surface area contributed by atoms with Crippen molar-refractivity contribution in [2.45, 2.75) is 19.8 Å². The summed E-state index contributed by atoms with van der Waals surface area (Å²) in [4.78, 5) is 9.23. The van der Waals surface area contributed by atoms with E-state index in [1.807, 2.05) is 60.8 Å². The van der Waals surface area contributed by atoms with Crippen molar-refractivity contribution in [3.8, 4) is 28.6 Å². The molecule has 0 fully saturated rings. The predicted octanol–water partition coefficient (Wildman–Crippen LogP) is 7.75. The van der Waals surface area contributed by atoms with Crippen LogP contribution in [-0.4, -0.2) is 14.5 Å². The van der Waals surface area contributed by atoms with Gasteiger partial charge in [-0.25, -0.2) is 21.1 Å². The molecule has 6 aromatic rings. The third-order valence-electron chi connectivity index (χ3n) is 6.07. The topological polar surface area (TPSA) is 39.9 Å². The number of para-hydroxylation sites is 1. The molecule has 6 rings (SSSR count). The molecule has 178 valence electrons. The van der Waals surface area contributed by atoms with Crippen LogP contribution in [0.15, 0.2) is 97.2 Å². The van der Waals surface area contributed by atoms with Crippen LogP contribution in [0.4, 0.5) is 0 Å². The second-order valence-corrected chi connectivity index (χ2v) is 8.76. The van der Waals surface area contributed by atoms with Crippen LogP contribution in [-0.2, 0) is 21.1 Å². The van der Waals surface area contributed by atoms with E-state index in [4.69, 9.17) is 4.74 Å². The van der Waals surface area contributed by atoms with Gasteiger partial charge in [-0.15, -0.1) is 18.2 Å². The zero-order valence-corrected chi connectivity index (χ0v) is 22.2. The molecule has 0 atom stereocenters. The summed E-state index contributed by atoms with van der Waals surface area (Å²) in [5.41, 5.74) is 4.93. The molecule has 0 aliphatic heterocycles. The quantitative estimate of drug-likeness (QED) is 0.180. The fraction of sp³-hybridized carbons (Fsp3) is 0.0968. The van der Waals surface area contributed by atoms with Crippen LogP contribution >= 0.6 is 0 Å². The molecule has 3 aromatic heterocycles. The molecule has 0 aliphatic carbocycles. The molecule has 0 amide bonds. The summed E-state index contributed by atoms with van der Waals surface area (Å²) in [5.74, 6) is 2.39. The SMILES string of the molecule is CC(C)c1cccc(Oc2[c-]c(-c3[c-]c4c(cc3)c3ccccc3n4-c3ccccn3)ccc2)n1.[Pt+2]. The summed E-state index contributed by atoms with van der Waals surface area (Å²) < 4.78 is 8.23. The Morgan fingerprint density at radius 2 is 1.56 bits per heavy atom. The van der Waals surface area contributed by atoms with Gasteiger partial charge in [-0.3, -0.25) is 0 Å². The Morgan fingerprint density at radius 3 is 2.39 bits per heavy atom. The third kappa shape index (κ3) is 4.45. The van der Waals surface area contributed by atoms with Crippen LogP contribution in [0.25, 0.3) is 38.8 Å². The zero-order chi connectivity index (χ0) is 23.8.